The van der Waals surface area contributed by atoms with Crippen LogP contribution in [0.2, 0.25) is 0 Å². The summed E-state index contributed by atoms with van der Waals surface area (Å²) < 4.78 is 6.46. The molecular weight excluding hydrogens is 366 g/mol. The number of halogens is 2. The van der Waals surface area contributed by atoms with Gasteiger partial charge in [0, 0.05) is 16.3 Å². The molecule has 1 saturated carbocycles. The number of ether oxygens (including phenoxy) is 1. The predicted molar refractivity (Wildman–Crippen MR) is 76.3 cm³/mol. The number of benzene rings is 1. The van der Waals surface area contributed by atoms with Crippen molar-refractivity contribution < 1.29 is 9.66 Å². The number of alkyl halides is 1. The van der Waals surface area contributed by atoms with E-state index in [1.165, 1.54) is 6.07 Å². The molecule has 1 aromatic carbocycles. The van der Waals surface area contributed by atoms with Gasteiger partial charge in [0.25, 0.3) is 0 Å². The molecule has 2 atom stereocenters. The Kier molecular flexibility index (Phi) is 3.69. The fraction of sp³-hybridized carbons (Fsp3) is 0.500. The van der Waals surface area contributed by atoms with Gasteiger partial charge in [0.1, 0.15) is 6.10 Å². The van der Waals surface area contributed by atoms with Crippen molar-refractivity contribution in [2.75, 3.05) is 0 Å². The number of rotatable bonds is 3. The van der Waals surface area contributed by atoms with Crippen LogP contribution in [0.1, 0.15) is 20.3 Å². The molecule has 1 aromatic rings. The molecule has 6 heteroatoms. The van der Waals surface area contributed by atoms with E-state index in [9.17, 15) is 10.1 Å². The molecule has 0 aliphatic heterocycles. The lowest BCUT2D eigenvalue weighted by Gasteiger charge is -2.48. The molecule has 0 amide bonds. The molecule has 1 fully saturated rings. The van der Waals surface area contributed by atoms with Gasteiger partial charge >= 0.3 is 5.69 Å². The molecule has 98 valence electrons. The highest BCUT2D eigenvalue weighted by atomic mass is 79.9. The second-order valence-corrected chi connectivity index (χ2v) is 6.94. The third-order valence-electron chi connectivity index (χ3n) is 3.46. The largest absolute Gasteiger partial charge is 0.482 e. The molecule has 0 aromatic heterocycles. The van der Waals surface area contributed by atoms with Gasteiger partial charge in [-0.2, -0.15) is 0 Å². The van der Waals surface area contributed by atoms with Crippen LogP contribution in [0.4, 0.5) is 5.69 Å². The number of nitrogens with zero attached hydrogens (tertiary/aromatic N) is 1. The van der Waals surface area contributed by atoms with Crippen LogP contribution < -0.4 is 4.74 Å². The molecule has 0 bridgehead atoms. The van der Waals surface area contributed by atoms with Crippen molar-refractivity contribution in [1.29, 1.82) is 0 Å². The van der Waals surface area contributed by atoms with E-state index in [0.29, 0.717) is 15.0 Å². The molecule has 0 spiro atoms. The summed E-state index contributed by atoms with van der Waals surface area (Å²) in [4.78, 5) is 10.9. The van der Waals surface area contributed by atoms with Crippen molar-refractivity contribution in [3.8, 4) is 5.75 Å². The summed E-state index contributed by atoms with van der Waals surface area (Å²) in [6.07, 6.45) is 0.838. The first kappa shape index (κ1) is 13.8. The fourth-order valence-corrected chi connectivity index (χ4v) is 3.02. The predicted octanol–water partition coefficient (Wildman–Crippen LogP) is 4.30. The number of para-hydroxylation sites is 1. The molecule has 0 saturated heterocycles. The van der Waals surface area contributed by atoms with Crippen molar-refractivity contribution in [3.05, 3.63) is 32.8 Å². The minimum atomic E-state index is -0.419. The highest BCUT2D eigenvalue weighted by Gasteiger charge is 2.49. The van der Waals surface area contributed by atoms with Crippen LogP contribution in [0.15, 0.2) is 22.7 Å². The van der Waals surface area contributed by atoms with Crippen molar-refractivity contribution in [3.63, 3.8) is 0 Å². The normalized spacial score (nSPS) is 25.3. The van der Waals surface area contributed by atoms with Crippen LogP contribution in [-0.2, 0) is 0 Å². The smallest absolute Gasteiger partial charge is 0.312 e. The van der Waals surface area contributed by atoms with Gasteiger partial charge in [0.05, 0.1) is 9.40 Å². The van der Waals surface area contributed by atoms with Crippen LogP contribution in [0, 0.1) is 15.5 Å². The highest BCUT2D eigenvalue weighted by Crippen LogP contribution is 2.49. The van der Waals surface area contributed by atoms with Crippen LogP contribution >= 0.6 is 31.9 Å². The first-order valence-electron chi connectivity index (χ1n) is 5.57. The molecular formula is C12H13Br2NO3. The Morgan fingerprint density at radius 3 is 2.67 bits per heavy atom. The fourth-order valence-electron chi connectivity index (χ4n) is 1.94. The molecule has 4 nitrogen and oxygen atoms in total. The van der Waals surface area contributed by atoms with Crippen LogP contribution in [0.5, 0.6) is 5.75 Å². The topological polar surface area (TPSA) is 52.4 Å². The zero-order chi connectivity index (χ0) is 13.5. The first-order chi connectivity index (χ1) is 8.34. The van der Waals surface area contributed by atoms with Crippen LogP contribution in [-0.4, -0.2) is 15.9 Å². The Balaban J connectivity index is 2.27. The molecule has 1 aliphatic carbocycles. The molecule has 0 N–H and O–H groups in total. The van der Waals surface area contributed by atoms with E-state index in [1.807, 2.05) is 0 Å². The number of hydrogen-bond acceptors (Lipinski definition) is 3. The lowest BCUT2D eigenvalue weighted by molar-refractivity contribution is -0.386. The highest BCUT2D eigenvalue weighted by molar-refractivity contribution is 9.10. The lowest BCUT2D eigenvalue weighted by Crippen LogP contribution is -2.53. The Morgan fingerprint density at radius 1 is 1.50 bits per heavy atom. The average Bonchev–Trinajstić information content (AvgIpc) is 2.30. The van der Waals surface area contributed by atoms with E-state index in [2.05, 4.69) is 45.7 Å². The van der Waals surface area contributed by atoms with E-state index >= 15 is 0 Å². The molecule has 2 rings (SSSR count). The minimum absolute atomic E-state index is 0.00167. The van der Waals surface area contributed by atoms with Gasteiger partial charge in [-0.1, -0.05) is 35.8 Å². The third-order valence-corrected chi connectivity index (χ3v) is 5.64. The molecule has 0 radical (unpaired) electrons. The summed E-state index contributed by atoms with van der Waals surface area (Å²) in [7, 11) is 0. The summed E-state index contributed by atoms with van der Waals surface area (Å²) in [6.45, 7) is 4.17. The second kappa shape index (κ2) is 4.81. The van der Waals surface area contributed by atoms with E-state index in [0.717, 1.165) is 6.42 Å². The Hall–Kier alpha value is -0.620. The summed E-state index contributed by atoms with van der Waals surface area (Å²) in [5.41, 5.74) is -0.0263. The van der Waals surface area contributed by atoms with Gasteiger partial charge in [0.2, 0.25) is 5.75 Å². The summed E-state index contributed by atoms with van der Waals surface area (Å²) in [5.74, 6) is 0.319. The van der Waals surface area contributed by atoms with Crippen LogP contribution in [0.25, 0.3) is 0 Å². The SMILES string of the molecule is CC1(C)C(Br)CC1Oc1c(Br)cccc1[N+](=O)[O-]. The monoisotopic (exact) mass is 377 g/mol. The maximum absolute atomic E-state index is 11.0. The third kappa shape index (κ3) is 2.28. The van der Waals surface area contributed by atoms with E-state index < -0.39 is 4.92 Å². The second-order valence-electron chi connectivity index (χ2n) is 4.98. The Bertz CT molecular complexity index is 490. The van der Waals surface area contributed by atoms with Gasteiger partial charge in [-0.15, -0.1) is 0 Å². The van der Waals surface area contributed by atoms with Gasteiger partial charge < -0.3 is 4.74 Å². The van der Waals surface area contributed by atoms with Gasteiger partial charge in [0.15, 0.2) is 0 Å². The number of nitro groups is 1. The summed E-state index contributed by atoms with van der Waals surface area (Å²) in [6, 6.07) is 4.84. The summed E-state index contributed by atoms with van der Waals surface area (Å²) >= 11 is 6.88. The molecule has 18 heavy (non-hydrogen) atoms. The Morgan fingerprint density at radius 2 is 2.17 bits per heavy atom. The van der Waals surface area contributed by atoms with Crippen molar-refractivity contribution >= 4 is 37.5 Å². The van der Waals surface area contributed by atoms with E-state index in [1.54, 1.807) is 12.1 Å². The van der Waals surface area contributed by atoms with Crippen molar-refractivity contribution in [2.24, 2.45) is 5.41 Å². The first-order valence-corrected chi connectivity index (χ1v) is 7.28. The van der Waals surface area contributed by atoms with Crippen molar-refractivity contribution in [2.45, 2.75) is 31.2 Å². The van der Waals surface area contributed by atoms with Crippen LogP contribution in [0.3, 0.4) is 0 Å². The average molecular weight is 379 g/mol. The zero-order valence-electron chi connectivity index (χ0n) is 10.0. The van der Waals surface area contributed by atoms with E-state index in [4.69, 9.17) is 4.74 Å². The quantitative estimate of drug-likeness (QED) is 0.447. The minimum Gasteiger partial charge on any atom is -0.482 e. The standard InChI is InChI=1S/C12H13Br2NO3/c1-12(2)9(14)6-10(12)18-11-7(13)4-3-5-8(11)15(16)17/h3-5,9-10H,6H2,1-2H3. The zero-order valence-corrected chi connectivity index (χ0v) is 13.2. The van der Waals surface area contributed by atoms with Gasteiger partial charge in [-0.05, 0) is 28.4 Å². The molecule has 1 aliphatic rings. The molecule has 2 unspecified atom stereocenters. The van der Waals surface area contributed by atoms with Crippen molar-refractivity contribution in [1.82, 2.24) is 0 Å². The lowest BCUT2D eigenvalue weighted by atomic mass is 9.69. The molecule has 0 heterocycles. The van der Waals surface area contributed by atoms with Gasteiger partial charge in [-0.25, -0.2) is 0 Å². The van der Waals surface area contributed by atoms with Gasteiger partial charge in [-0.3, -0.25) is 10.1 Å². The maximum atomic E-state index is 11.0. The number of nitro benzene ring substituents is 1. The number of hydrogen-bond donors (Lipinski definition) is 0. The summed E-state index contributed by atoms with van der Waals surface area (Å²) in [5, 5.41) is 11.0. The maximum Gasteiger partial charge on any atom is 0.312 e. The van der Waals surface area contributed by atoms with E-state index in [-0.39, 0.29) is 17.2 Å². The Labute approximate surface area is 122 Å².